The van der Waals surface area contributed by atoms with Crippen molar-refractivity contribution < 1.29 is 14.6 Å². The minimum Gasteiger partial charge on any atom is -0.491 e. The van der Waals surface area contributed by atoms with E-state index in [1.807, 2.05) is 24.3 Å². The predicted octanol–water partition coefficient (Wildman–Crippen LogP) is 2.99. The largest absolute Gasteiger partial charge is 0.491 e. The fraction of sp³-hybridized carbons (Fsp3) is 0.250. The molecule has 112 valence electrons. The first-order valence-corrected chi connectivity index (χ1v) is 7.42. The van der Waals surface area contributed by atoms with Gasteiger partial charge in [0.15, 0.2) is 0 Å². The summed E-state index contributed by atoms with van der Waals surface area (Å²) in [5.41, 5.74) is 7.31. The number of hydrogen-bond acceptors (Lipinski definition) is 4. The first-order valence-electron chi connectivity index (χ1n) is 6.62. The molecule has 3 N–H and O–H groups in total. The number of nitrogens with two attached hydrogens (primary N) is 1. The maximum absolute atomic E-state index is 9.83. The Kier molecular flexibility index (Phi) is 6.04. The molecule has 1 atom stereocenters. The summed E-state index contributed by atoms with van der Waals surface area (Å²) in [6.45, 7) is 0.844. The second kappa shape index (κ2) is 8.02. The number of halogens is 1. The Morgan fingerprint density at radius 1 is 1.05 bits per heavy atom. The van der Waals surface area contributed by atoms with Crippen LogP contribution >= 0.6 is 15.9 Å². The van der Waals surface area contributed by atoms with Gasteiger partial charge in [-0.05, 0) is 35.9 Å². The van der Waals surface area contributed by atoms with Crippen LogP contribution in [0.2, 0.25) is 0 Å². The number of anilines is 1. The van der Waals surface area contributed by atoms with Gasteiger partial charge >= 0.3 is 0 Å². The molecule has 5 heteroatoms. The van der Waals surface area contributed by atoms with Crippen molar-refractivity contribution in [3.05, 3.63) is 58.6 Å². The number of rotatable bonds is 7. The van der Waals surface area contributed by atoms with Crippen molar-refractivity contribution in [3.8, 4) is 5.75 Å². The molecule has 0 aliphatic carbocycles. The van der Waals surface area contributed by atoms with Crippen LogP contribution in [-0.2, 0) is 11.3 Å². The minimum atomic E-state index is -0.676. The third-order valence-electron chi connectivity index (χ3n) is 2.85. The van der Waals surface area contributed by atoms with Gasteiger partial charge in [-0.1, -0.05) is 34.1 Å². The molecule has 2 aromatic carbocycles. The highest BCUT2D eigenvalue weighted by molar-refractivity contribution is 9.10. The molecule has 0 bridgehead atoms. The van der Waals surface area contributed by atoms with Crippen LogP contribution in [0.15, 0.2) is 53.0 Å². The van der Waals surface area contributed by atoms with Gasteiger partial charge in [-0.2, -0.15) is 0 Å². The topological polar surface area (TPSA) is 64.7 Å². The van der Waals surface area contributed by atoms with Crippen molar-refractivity contribution >= 4 is 21.6 Å². The Morgan fingerprint density at radius 2 is 1.76 bits per heavy atom. The van der Waals surface area contributed by atoms with Gasteiger partial charge in [0.1, 0.15) is 18.5 Å². The average Bonchev–Trinajstić information content (AvgIpc) is 2.49. The van der Waals surface area contributed by atoms with E-state index in [0.29, 0.717) is 18.0 Å². The summed E-state index contributed by atoms with van der Waals surface area (Å²) < 4.78 is 11.9. The third kappa shape index (κ3) is 5.38. The minimum absolute atomic E-state index is 0.180. The van der Waals surface area contributed by atoms with E-state index in [4.69, 9.17) is 15.2 Å². The fourth-order valence-electron chi connectivity index (χ4n) is 1.72. The quantitative estimate of drug-likeness (QED) is 0.752. The zero-order valence-electron chi connectivity index (χ0n) is 11.5. The number of aliphatic hydroxyl groups is 1. The zero-order chi connectivity index (χ0) is 15.1. The SMILES string of the molecule is Nc1ccc(OCC(O)COCc2ccccc2Br)cc1. The van der Waals surface area contributed by atoms with E-state index >= 15 is 0 Å². The van der Waals surface area contributed by atoms with Crippen LogP contribution in [0.1, 0.15) is 5.56 Å². The second-order valence-electron chi connectivity index (χ2n) is 4.64. The van der Waals surface area contributed by atoms with Gasteiger partial charge < -0.3 is 20.3 Å². The lowest BCUT2D eigenvalue weighted by Gasteiger charge is -2.13. The average molecular weight is 352 g/mol. The number of nitrogen functional groups attached to an aromatic ring is 1. The highest BCUT2D eigenvalue weighted by atomic mass is 79.9. The molecule has 0 aliphatic rings. The third-order valence-corrected chi connectivity index (χ3v) is 3.62. The van der Waals surface area contributed by atoms with Crippen molar-refractivity contribution in [1.29, 1.82) is 0 Å². The molecule has 21 heavy (non-hydrogen) atoms. The van der Waals surface area contributed by atoms with Crippen molar-refractivity contribution in [2.24, 2.45) is 0 Å². The number of aliphatic hydroxyl groups excluding tert-OH is 1. The van der Waals surface area contributed by atoms with E-state index in [0.717, 1.165) is 10.0 Å². The van der Waals surface area contributed by atoms with Crippen molar-refractivity contribution in [3.63, 3.8) is 0 Å². The number of benzene rings is 2. The molecule has 0 heterocycles. The van der Waals surface area contributed by atoms with E-state index in [9.17, 15) is 5.11 Å². The van der Waals surface area contributed by atoms with Gasteiger partial charge in [0, 0.05) is 10.2 Å². The van der Waals surface area contributed by atoms with E-state index in [1.165, 1.54) is 0 Å². The fourth-order valence-corrected chi connectivity index (χ4v) is 2.12. The molecule has 2 rings (SSSR count). The smallest absolute Gasteiger partial charge is 0.119 e. The van der Waals surface area contributed by atoms with Crippen LogP contribution in [0, 0.1) is 0 Å². The first kappa shape index (κ1) is 15.8. The molecule has 0 aromatic heterocycles. The highest BCUT2D eigenvalue weighted by Crippen LogP contribution is 2.17. The molecule has 0 saturated carbocycles. The van der Waals surface area contributed by atoms with Gasteiger partial charge in [-0.25, -0.2) is 0 Å². The summed E-state index contributed by atoms with van der Waals surface area (Å²) in [4.78, 5) is 0. The molecule has 0 aliphatic heterocycles. The second-order valence-corrected chi connectivity index (χ2v) is 5.49. The monoisotopic (exact) mass is 351 g/mol. The van der Waals surface area contributed by atoms with Crippen LogP contribution in [0.3, 0.4) is 0 Å². The molecule has 0 spiro atoms. The summed E-state index contributed by atoms with van der Waals surface area (Å²) in [6, 6.07) is 14.9. The van der Waals surface area contributed by atoms with Gasteiger partial charge in [-0.15, -0.1) is 0 Å². The molecule has 0 amide bonds. The van der Waals surface area contributed by atoms with Gasteiger partial charge in [-0.3, -0.25) is 0 Å². The van der Waals surface area contributed by atoms with Crippen LogP contribution in [0.4, 0.5) is 5.69 Å². The Balaban J connectivity index is 1.69. The van der Waals surface area contributed by atoms with Crippen LogP contribution in [0.5, 0.6) is 5.75 Å². The van der Waals surface area contributed by atoms with Crippen LogP contribution < -0.4 is 10.5 Å². The van der Waals surface area contributed by atoms with Crippen molar-refractivity contribution in [1.82, 2.24) is 0 Å². The van der Waals surface area contributed by atoms with Gasteiger partial charge in [0.25, 0.3) is 0 Å². The normalized spacial score (nSPS) is 12.1. The lowest BCUT2D eigenvalue weighted by atomic mass is 10.2. The first-order chi connectivity index (χ1) is 10.1. The highest BCUT2D eigenvalue weighted by Gasteiger charge is 2.07. The molecule has 0 fully saturated rings. The Hall–Kier alpha value is -1.56. The Bertz CT molecular complexity index is 560. The summed E-state index contributed by atoms with van der Waals surface area (Å²) >= 11 is 3.45. The lowest BCUT2D eigenvalue weighted by Crippen LogP contribution is -2.23. The maximum atomic E-state index is 9.83. The van der Waals surface area contributed by atoms with Gasteiger partial charge in [0.2, 0.25) is 0 Å². The molecule has 1 unspecified atom stereocenters. The van der Waals surface area contributed by atoms with E-state index in [1.54, 1.807) is 24.3 Å². The summed E-state index contributed by atoms with van der Waals surface area (Å²) in [5.74, 6) is 0.675. The van der Waals surface area contributed by atoms with Crippen molar-refractivity contribution in [2.75, 3.05) is 18.9 Å². The molecular weight excluding hydrogens is 334 g/mol. The van der Waals surface area contributed by atoms with E-state index in [2.05, 4.69) is 15.9 Å². The summed E-state index contributed by atoms with van der Waals surface area (Å²) in [7, 11) is 0. The number of ether oxygens (including phenoxy) is 2. The summed E-state index contributed by atoms with van der Waals surface area (Å²) in [6.07, 6.45) is -0.676. The van der Waals surface area contributed by atoms with E-state index in [-0.39, 0.29) is 13.2 Å². The maximum Gasteiger partial charge on any atom is 0.119 e. The zero-order valence-corrected chi connectivity index (χ0v) is 13.1. The van der Waals surface area contributed by atoms with Gasteiger partial charge in [0.05, 0.1) is 13.2 Å². The molecule has 0 saturated heterocycles. The summed E-state index contributed by atoms with van der Waals surface area (Å²) in [5, 5.41) is 9.83. The standard InChI is InChI=1S/C16H18BrNO3/c17-16-4-2-1-3-12(16)9-20-10-14(19)11-21-15-7-5-13(18)6-8-15/h1-8,14,19H,9-11,18H2. The predicted molar refractivity (Wildman–Crippen MR) is 86.2 cm³/mol. The molecule has 2 aromatic rings. The molecule has 0 radical (unpaired) electrons. The van der Waals surface area contributed by atoms with Crippen molar-refractivity contribution in [2.45, 2.75) is 12.7 Å². The van der Waals surface area contributed by atoms with Crippen LogP contribution in [-0.4, -0.2) is 24.4 Å². The van der Waals surface area contributed by atoms with Crippen LogP contribution in [0.25, 0.3) is 0 Å². The lowest BCUT2D eigenvalue weighted by molar-refractivity contribution is 0.00534. The Labute approximate surface area is 132 Å². The number of hydrogen-bond donors (Lipinski definition) is 2. The Morgan fingerprint density at radius 3 is 2.48 bits per heavy atom. The van der Waals surface area contributed by atoms with E-state index < -0.39 is 6.10 Å². The molecule has 4 nitrogen and oxygen atoms in total. The molecular formula is C16H18BrNO3.